The Morgan fingerprint density at radius 3 is 2.05 bits per heavy atom. The van der Waals surface area contributed by atoms with Gasteiger partial charge in [0, 0.05) is 12.2 Å². The number of rotatable bonds is 5. The van der Waals surface area contributed by atoms with E-state index in [2.05, 4.69) is 6.58 Å². The monoisotopic (exact) mass is 291 g/mol. The van der Waals surface area contributed by atoms with Gasteiger partial charge in [-0.3, -0.25) is 0 Å². The number of hydrogen-bond acceptors (Lipinski definition) is 7. The summed E-state index contributed by atoms with van der Waals surface area (Å²) in [5, 5.41) is 23.8. The van der Waals surface area contributed by atoms with Gasteiger partial charge in [-0.1, -0.05) is 6.08 Å². The Morgan fingerprint density at radius 2 is 1.84 bits per heavy atom. The number of carbonyl (C=O) groups excluding carboxylic acids is 2. The second-order valence-electron chi connectivity index (χ2n) is 2.74. The first kappa shape index (κ1) is 27.6. The van der Waals surface area contributed by atoms with Crippen molar-refractivity contribution in [2.24, 2.45) is 0 Å². The molecule has 0 amide bonds. The molecule has 19 heavy (non-hydrogen) atoms. The summed E-state index contributed by atoms with van der Waals surface area (Å²) < 4.78 is 9.96. The summed E-state index contributed by atoms with van der Waals surface area (Å²) in [5.74, 6) is -2.54. The van der Waals surface area contributed by atoms with Crippen molar-refractivity contribution in [1.29, 1.82) is 5.41 Å². The van der Waals surface area contributed by atoms with E-state index in [1.54, 1.807) is 6.08 Å². The zero-order chi connectivity index (χ0) is 13.7. The smallest absolute Gasteiger partial charge is 0.550 e. The van der Waals surface area contributed by atoms with E-state index in [4.69, 9.17) is 34.7 Å². The first-order chi connectivity index (χ1) is 7.93. The van der Waals surface area contributed by atoms with Gasteiger partial charge >= 0.3 is 59.1 Å². The van der Waals surface area contributed by atoms with E-state index in [0.29, 0.717) is 12.7 Å². The summed E-state index contributed by atoms with van der Waals surface area (Å²) in [6.45, 7) is 6.72. The van der Waals surface area contributed by atoms with Gasteiger partial charge in [0.25, 0.3) is 0 Å². The van der Waals surface area contributed by atoms with Gasteiger partial charge < -0.3 is 34.7 Å². The van der Waals surface area contributed by atoms with E-state index < -0.39 is 11.9 Å². The molecule has 0 aliphatic carbocycles. The predicted molar refractivity (Wildman–Crippen MR) is 55.2 cm³/mol. The van der Waals surface area contributed by atoms with Gasteiger partial charge in [-0.25, -0.2) is 0 Å². The van der Waals surface area contributed by atoms with Crippen LogP contribution in [0.5, 0.6) is 0 Å². The fraction of sp³-hybridized carbons (Fsp3) is 0.500. The number of carbonyl (C=O) groups is 2. The maximum absolute atomic E-state index is 9.01. The molecule has 1 saturated heterocycles. The molecule has 7 nitrogen and oxygen atoms in total. The molecule has 0 aromatic rings. The molecule has 0 aromatic heterocycles. The average Bonchev–Trinajstić information content (AvgIpc) is 3.02. The molecule has 98 valence electrons. The van der Waals surface area contributed by atoms with Crippen molar-refractivity contribution in [1.82, 2.24) is 0 Å². The number of aliphatic carboxylic acids is 2. The Bertz CT molecular complexity index is 254. The number of hydrogen-bond donors (Lipinski definition) is 1. The molecule has 9 heteroatoms. The number of carboxylic acid groups (broad SMARTS) is 2. The Balaban J connectivity index is -0.0000000910. The van der Waals surface area contributed by atoms with Crippen molar-refractivity contribution in [3.63, 3.8) is 0 Å². The van der Waals surface area contributed by atoms with Gasteiger partial charge in [0.2, 0.25) is 0 Å². The van der Waals surface area contributed by atoms with Crippen LogP contribution in [0.2, 0.25) is 0 Å². The van der Waals surface area contributed by atoms with Crippen LogP contribution in [0.15, 0.2) is 12.7 Å². The minimum absolute atomic E-state index is 0. The van der Waals surface area contributed by atoms with Gasteiger partial charge in [-0.05, 0) is 6.92 Å². The van der Waals surface area contributed by atoms with Crippen molar-refractivity contribution in [2.75, 3.05) is 19.8 Å². The molecule has 0 aromatic carbocycles. The van der Waals surface area contributed by atoms with Crippen molar-refractivity contribution < 1.29 is 88.4 Å². The van der Waals surface area contributed by atoms with Crippen LogP contribution in [-0.2, 0) is 19.1 Å². The molecule has 0 saturated carbocycles. The van der Waals surface area contributed by atoms with Crippen LogP contribution >= 0.6 is 0 Å². The first-order valence-electron chi connectivity index (χ1n) is 4.63. The molecule has 1 aliphatic heterocycles. The summed E-state index contributed by atoms with van der Waals surface area (Å²) in [6.07, 6.45) is 2.34. The number of nitrogens with one attached hydrogen (secondary N) is 1. The molecule has 0 bridgehead atoms. The number of ether oxygens (including phenoxy) is 2. The summed E-state index contributed by atoms with van der Waals surface area (Å²) in [7, 11) is 0. The Hall–Kier alpha value is 0.270. The zero-order valence-corrected chi connectivity index (χ0v) is 15.5. The molecule has 1 unspecified atom stereocenters. The van der Waals surface area contributed by atoms with Crippen LogP contribution in [0.25, 0.3) is 0 Å². The Labute approximate surface area is 156 Å². The second-order valence-corrected chi connectivity index (χ2v) is 2.74. The maximum atomic E-state index is 9.01. The van der Waals surface area contributed by atoms with Gasteiger partial charge in [0.1, 0.15) is 6.10 Å². The van der Waals surface area contributed by atoms with E-state index in [1.807, 2.05) is 0 Å². The van der Waals surface area contributed by atoms with Crippen molar-refractivity contribution in [2.45, 2.75) is 13.0 Å². The molecular formula is C10H15NNa2O6. The Morgan fingerprint density at radius 1 is 1.47 bits per heavy atom. The second kappa shape index (κ2) is 20.6. The topological polar surface area (TPSA) is 126 Å². The summed E-state index contributed by atoms with van der Waals surface area (Å²) in [5.41, 5.74) is 0. The largest absolute Gasteiger partial charge is 1.00 e. The van der Waals surface area contributed by atoms with Crippen molar-refractivity contribution >= 4 is 18.2 Å². The van der Waals surface area contributed by atoms with E-state index in [-0.39, 0.29) is 65.3 Å². The SMILES string of the molecule is C=CCOCC1CO1.CC(=O)[O-].N=CC(=O)[O-].[Na+].[Na+]. The van der Waals surface area contributed by atoms with Gasteiger partial charge in [-0.2, -0.15) is 0 Å². The van der Waals surface area contributed by atoms with Crippen LogP contribution in [0.4, 0.5) is 0 Å². The molecule has 1 rings (SSSR count). The molecule has 1 fully saturated rings. The predicted octanol–water partition coefficient (Wildman–Crippen LogP) is -8.26. The molecule has 0 radical (unpaired) electrons. The first-order valence-corrected chi connectivity index (χ1v) is 4.63. The fourth-order valence-corrected chi connectivity index (χ4v) is 0.447. The van der Waals surface area contributed by atoms with E-state index >= 15 is 0 Å². The van der Waals surface area contributed by atoms with Crippen LogP contribution in [-0.4, -0.2) is 44.1 Å². The molecule has 1 N–H and O–H groups in total. The van der Waals surface area contributed by atoms with Crippen molar-refractivity contribution in [3.05, 3.63) is 12.7 Å². The van der Waals surface area contributed by atoms with Gasteiger partial charge in [0.05, 0.1) is 25.8 Å². The van der Waals surface area contributed by atoms with Crippen molar-refractivity contribution in [3.8, 4) is 0 Å². The van der Waals surface area contributed by atoms with Crippen LogP contribution in [0, 0.1) is 5.41 Å². The van der Waals surface area contributed by atoms with Gasteiger partial charge in [-0.15, -0.1) is 6.58 Å². The zero-order valence-electron chi connectivity index (χ0n) is 11.5. The average molecular weight is 291 g/mol. The maximum Gasteiger partial charge on any atom is 1.00 e. The molecule has 0 spiro atoms. The standard InChI is InChI=1S/C6H10O2.C2H3NO2.C2H4O2.2Na/c1-2-3-7-4-6-5-8-6;3-1-2(4)5;1-2(3)4;;/h2,6H,1,3-5H2;1,3H,(H,4,5);1H3,(H,3,4);;/q;;;2*+1/p-2. The number of epoxide rings is 1. The van der Waals surface area contributed by atoms with E-state index in [9.17, 15) is 0 Å². The third-order valence-electron chi connectivity index (χ3n) is 1.06. The van der Waals surface area contributed by atoms with Crippen LogP contribution in [0.1, 0.15) is 6.92 Å². The normalized spacial score (nSPS) is 13.6. The third-order valence-corrected chi connectivity index (χ3v) is 1.06. The summed E-state index contributed by atoms with van der Waals surface area (Å²) in [4.78, 5) is 17.9. The van der Waals surface area contributed by atoms with E-state index in [0.717, 1.165) is 20.1 Å². The molecule has 1 heterocycles. The van der Waals surface area contributed by atoms with Crippen LogP contribution < -0.4 is 69.3 Å². The Kier molecular flexibility index (Phi) is 29.9. The molecular weight excluding hydrogens is 276 g/mol. The van der Waals surface area contributed by atoms with Crippen LogP contribution in [0.3, 0.4) is 0 Å². The fourth-order valence-electron chi connectivity index (χ4n) is 0.447. The minimum Gasteiger partial charge on any atom is -0.550 e. The molecule has 1 atom stereocenters. The van der Waals surface area contributed by atoms with Gasteiger partial charge in [0.15, 0.2) is 0 Å². The summed E-state index contributed by atoms with van der Waals surface area (Å²) in [6, 6.07) is 0. The third kappa shape index (κ3) is 45.9. The molecule has 1 aliphatic rings. The summed E-state index contributed by atoms with van der Waals surface area (Å²) >= 11 is 0. The van der Waals surface area contributed by atoms with E-state index in [1.165, 1.54) is 0 Å². The number of carboxylic acids is 2. The quantitative estimate of drug-likeness (QED) is 0.176. The minimum atomic E-state index is -1.45.